The highest BCUT2D eigenvalue weighted by Gasteiger charge is 2.47. The number of fused-ring (bicyclic) bond motifs is 1. The van der Waals surface area contributed by atoms with Crippen LogP contribution in [0.25, 0.3) is 0 Å². The zero-order valence-corrected chi connectivity index (χ0v) is 19.1. The number of ether oxygens (including phenoxy) is 2. The molecule has 6 atom stereocenters. The van der Waals surface area contributed by atoms with E-state index in [1.807, 2.05) is 25.2 Å². The van der Waals surface area contributed by atoms with Crippen molar-refractivity contribution < 1.29 is 28.6 Å². The van der Waals surface area contributed by atoms with E-state index in [0.717, 1.165) is 38.5 Å². The van der Waals surface area contributed by atoms with Crippen molar-refractivity contribution in [3.05, 3.63) is 36.1 Å². The highest BCUT2D eigenvalue weighted by atomic mass is 19.1. The quantitative estimate of drug-likeness (QED) is 0.280. The molecule has 0 radical (unpaired) electrons. The molecule has 0 amide bonds. The molecule has 178 valence electrons. The minimum absolute atomic E-state index is 0.00112. The highest BCUT2D eigenvalue weighted by molar-refractivity contribution is 5.82. The number of hydrogen-bond donors (Lipinski definition) is 1. The molecule has 2 saturated carbocycles. The van der Waals surface area contributed by atoms with Gasteiger partial charge in [0.05, 0.1) is 12.4 Å². The van der Waals surface area contributed by atoms with E-state index in [4.69, 9.17) is 14.6 Å². The normalized spacial score (nSPS) is 30.9. The van der Waals surface area contributed by atoms with E-state index in [1.54, 1.807) is 6.26 Å². The Morgan fingerprint density at radius 1 is 1.28 bits per heavy atom. The predicted octanol–water partition coefficient (Wildman–Crippen LogP) is 5.90. The summed E-state index contributed by atoms with van der Waals surface area (Å²) < 4.78 is 26.0. The molecule has 1 aliphatic heterocycles. The molecule has 0 bridgehead atoms. The number of ketones is 1. The van der Waals surface area contributed by atoms with Crippen molar-refractivity contribution >= 4 is 11.8 Å². The van der Waals surface area contributed by atoms with Crippen LogP contribution in [0, 0.1) is 17.8 Å². The second-order valence-corrected chi connectivity index (χ2v) is 9.39. The van der Waals surface area contributed by atoms with Crippen molar-refractivity contribution in [1.29, 1.82) is 0 Å². The number of carboxylic acids is 1. The van der Waals surface area contributed by atoms with Crippen molar-refractivity contribution in [1.82, 2.24) is 0 Å². The van der Waals surface area contributed by atoms with Gasteiger partial charge in [-0.2, -0.15) is 0 Å². The lowest BCUT2D eigenvalue weighted by Crippen LogP contribution is -2.29. The van der Waals surface area contributed by atoms with Crippen LogP contribution in [0.5, 0.6) is 0 Å². The summed E-state index contributed by atoms with van der Waals surface area (Å²) in [7, 11) is 0. The average Bonchev–Trinajstić information content (AvgIpc) is 3.31. The van der Waals surface area contributed by atoms with Gasteiger partial charge < -0.3 is 14.6 Å². The van der Waals surface area contributed by atoms with Gasteiger partial charge >= 0.3 is 5.97 Å². The zero-order chi connectivity index (χ0) is 22.9. The summed E-state index contributed by atoms with van der Waals surface area (Å²) >= 11 is 0. The summed E-state index contributed by atoms with van der Waals surface area (Å²) in [5.41, 5.74) is 1.39. The summed E-state index contributed by atoms with van der Waals surface area (Å²) in [5, 5.41) is 8.82. The molecule has 2 unspecified atom stereocenters. The molecule has 3 aliphatic rings. The number of carboxylic acid groups (broad SMARTS) is 1. The lowest BCUT2D eigenvalue weighted by atomic mass is 9.86. The molecular formula is C26H37FO5. The van der Waals surface area contributed by atoms with Crippen molar-refractivity contribution in [2.24, 2.45) is 17.8 Å². The summed E-state index contributed by atoms with van der Waals surface area (Å²) in [6.07, 6.45) is 15.1. The van der Waals surface area contributed by atoms with Crippen molar-refractivity contribution in [3.63, 3.8) is 0 Å². The maximum Gasteiger partial charge on any atom is 0.303 e. The number of alkyl halides is 1. The van der Waals surface area contributed by atoms with Gasteiger partial charge in [-0.15, -0.1) is 0 Å². The molecule has 0 aromatic heterocycles. The van der Waals surface area contributed by atoms with Crippen LogP contribution in [-0.2, 0) is 19.1 Å². The molecule has 0 saturated heterocycles. The monoisotopic (exact) mass is 448 g/mol. The first-order chi connectivity index (χ1) is 15.5. The molecule has 1 heterocycles. The minimum Gasteiger partial charge on any atom is -0.481 e. The Kier molecular flexibility index (Phi) is 9.51. The van der Waals surface area contributed by atoms with Crippen molar-refractivity contribution in [2.75, 3.05) is 0 Å². The maximum atomic E-state index is 14.2. The van der Waals surface area contributed by atoms with Crippen LogP contribution in [0.2, 0.25) is 0 Å². The molecule has 0 aromatic carbocycles. The number of halogens is 1. The average molecular weight is 449 g/mol. The molecule has 0 spiro atoms. The Labute approximate surface area is 190 Å². The number of unbranched alkanes of at least 4 members (excludes halogenated alkanes) is 2. The number of carbonyl (C=O) groups excluding carboxylic acids is 1. The van der Waals surface area contributed by atoms with Gasteiger partial charge in [0, 0.05) is 12.8 Å². The fourth-order valence-corrected chi connectivity index (χ4v) is 5.46. The third-order valence-electron chi connectivity index (χ3n) is 7.08. The second-order valence-electron chi connectivity index (χ2n) is 9.39. The van der Waals surface area contributed by atoms with Gasteiger partial charge in [-0.1, -0.05) is 37.5 Å². The van der Waals surface area contributed by atoms with E-state index in [-0.39, 0.29) is 30.6 Å². The Morgan fingerprint density at radius 3 is 2.84 bits per heavy atom. The first-order valence-electron chi connectivity index (χ1n) is 12.2. The van der Waals surface area contributed by atoms with Crippen molar-refractivity contribution in [2.45, 2.75) is 96.1 Å². The van der Waals surface area contributed by atoms with Crippen LogP contribution in [0.3, 0.4) is 0 Å². The molecule has 5 nitrogen and oxygen atoms in total. The van der Waals surface area contributed by atoms with E-state index in [0.29, 0.717) is 31.1 Å². The molecule has 2 aliphatic carbocycles. The van der Waals surface area contributed by atoms with Crippen LogP contribution in [0.1, 0.15) is 77.6 Å². The Bertz CT molecular complexity index is 728. The number of hydrogen-bond acceptors (Lipinski definition) is 4. The van der Waals surface area contributed by atoms with Crippen LogP contribution in [0.15, 0.2) is 36.1 Å². The van der Waals surface area contributed by atoms with Gasteiger partial charge in [0.25, 0.3) is 0 Å². The summed E-state index contributed by atoms with van der Waals surface area (Å²) in [4.78, 5) is 23.1. The molecule has 1 N–H and O–H groups in total. The number of allylic oxidation sites excluding steroid dienone is 4. The summed E-state index contributed by atoms with van der Waals surface area (Å²) in [6, 6.07) is 0. The number of rotatable bonds is 13. The van der Waals surface area contributed by atoms with Crippen LogP contribution < -0.4 is 0 Å². The number of aliphatic carboxylic acids is 1. The van der Waals surface area contributed by atoms with E-state index in [2.05, 4.69) is 6.08 Å². The van der Waals surface area contributed by atoms with E-state index in [1.165, 1.54) is 5.57 Å². The SMILES string of the molecule is CCCCC(F)C(=O)CCC1[C@H]2C/C(=C/CCCC(=O)O)C[C@H]2C[C@H]1O[C@@H]1C=CC=CO1. The standard InChI is InChI=1S/C26H37FO5/c1-2-3-9-22(27)23(28)13-12-20-21-16-18(8-4-5-10-25(29)30)15-19(21)17-24(20)32-26-11-6-7-14-31-26/h6-8,11,14,19-22,24,26H,2-5,9-10,12-13,15-17H2,1H3,(H,29,30)/b18-8+/t19-,20?,21-,22?,24+,26+/m0/s1. The van der Waals surface area contributed by atoms with E-state index in [9.17, 15) is 14.0 Å². The van der Waals surface area contributed by atoms with Crippen LogP contribution >= 0.6 is 0 Å². The van der Waals surface area contributed by atoms with Gasteiger partial charge in [-0.25, -0.2) is 4.39 Å². The lowest BCUT2D eigenvalue weighted by Gasteiger charge is -2.27. The molecule has 32 heavy (non-hydrogen) atoms. The van der Waals surface area contributed by atoms with Gasteiger partial charge in [-0.3, -0.25) is 9.59 Å². The summed E-state index contributed by atoms with van der Waals surface area (Å²) in [5.74, 6) is 0.0934. The molecule has 6 heteroatoms. The number of Topliss-reactive ketones (excluding diaryl/α,β-unsaturated/α-hetero) is 1. The second kappa shape index (κ2) is 12.3. The van der Waals surface area contributed by atoms with Crippen LogP contribution in [-0.4, -0.2) is 35.4 Å². The Hall–Kier alpha value is -1.95. The zero-order valence-electron chi connectivity index (χ0n) is 19.1. The first kappa shape index (κ1) is 24.7. The topological polar surface area (TPSA) is 72.8 Å². The molecular weight excluding hydrogens is 411 g/mol. The molecule has 3 rings (SSSR count). The van der Waals surface area contributed by atoms with Gasteiger partial charge in [0.1, 0.15) is 0 Å². The fourth-order valence-electron chi connectivity index (χ4n) is 5.46. The number of carbonyl (C=O) groups is 2. The van der Waals surface area contributed by atoms with Crippen LogP contribution in [0.4, 0.5) is 4.39 Å². The van der Waals surface area contributed by atoms with Crippen molar-refractivity contribution in [3.8, 4) is 0 Å². The highest BCUT2D eigenvalue weighted by Crippen LogP contribution is 2.52. The molecule has 0 aromatic rings. The largest absolute Gasteiger partial charge is 0.481 e. The smallest absolute Gasteiger partial charge is 0.303 e. The Balaban J connectivity index is 1.59. The van der Waals surface area contributed by atoms with E-state index < -0.39 is 18.4 Å². The van der Waals surface area contributed by atoms with E-state index >= 15 is 0 Å². The third-order valence-corrected chi connectivity index (χ3v) is 7.08. The minimum atomic E-state index is -1.35. The molecule has 2 fully saturated rings. The van der Waals surface area contributed by atoms with Gasteiger partial charge in [0.2, 0.25) is 6.29 Å². The Morgan fingerprint density at radius 2 is 2.12 bits per heavy atom. The fraction of sp³-hybridized carbons (Fsp3) is 0.692. The maximum absolute atomic E-state index is 14.2. The van der Waals surface area contributed by atoms with Gasteiger partial charge in [0.15, 0.2) is 12.0 Å². The lowest BCUT2D eigenvalue weighted by molar-refractivity contribution is -0.137. The predicted molar refractivity (Wildman–Crippen MR) is 121 cm³/mol. The van der Waals surface area contributed by atoms with Gasteiger partial charge in [-0.05, 0) is 74.9 Å². The third kappa shape index (κ3) is 7.03. The first-order valence-corrected chi connectivity index (χ1v) is 12.2. The summed E-state index contributed by atoms with van der Waals surface area (Å²) in [6.45, 7) is 2.00.